The molecule has 2 aromatic carbocycles. The average molecular weight is 383 g/mol. The highest BCUT2D eigenvalue weighted by molar-refractivity contribution is 5.95. The van der Waals surface area contributed by atoms with Crippen molar-refractivity contribution in [1.29, 1.82) is 0 Å². The second kappa shape index (κ2) is 8.78. The normalized spacial score (nSPS) is 16.5. The van der Waals surface area contributed by atoms with Crippen LogP contribution in [0, 0.1) is 0 Å². The summed E-state index contributed by atoms with van der Waals surface area (Å²) in [4.78, 5) is 25.2. The monoisotopic (exact) mass is 383 g/mol. The van der Waals surface area contributed by atoms with E-state index in [1.807, 2.05) is 18.2 Å². The van der Waals surface area contributed by atoms with Crippen molar-refractivity contribution in [1.82, 2.24) is 5.32 Å². The molecule has 2 atom stereocenters. The molecule has 2 aromatic rings. The molecule has 0 aliphatic heterocycles. The number of hydrogen-bond acceptors (Lipinski definition) is 5. The Kier molecular flexibility index (Phi) is 6.19. The van der Waals surface area contributed by atoms with Crippen molar-refractivity contribution in [2.75, 3.05) is 14.2 Å². The molecule has 0 saturated heterocycles. The van der Waals surface area contributed by atoms with E-state index in [1.165, 1.54) is 25.8 Å². The standard InChI is InChI=1S/C22H25NO5/c1-14(28-22(25)18-13-16(26-2)11-12-20(18)27-3)21(24)23-19-10-6-8-15-7-4-5-9-17(15)19/h4-5,7,9,11-14,19H,6,8,10H2,1-3H3,(H,23,24)/t14-,19+/m1/s1. The molecule has 0 fully saturated rings. The predicted octanol–water partition coefficient (Wildman–Crippen LogP) is 3.44. The van der Waals surface area contributed by atoms with Crippen LogP contribution in [0.1, 0.15) is 47.3 Å². The molecule has 6 nitrogen and oxygen atoms in total. The van der Waals surface area contributed by atoms with Crippen LogP contribution in [0.4, 0.5) is 0 Å². The lowest BCUT2D eigenvalue weighted by atomic mass is 9.87. The number of hydrogen-bond donors (Lipinski definition) is 1. The van der Waals surface area contributed by atoms with Gasteiger partial charge in [0.25, 0.3) is 5.91 Å². The van der Waals surface area contributed by atoms with Crippen LogP contribution in [0.5, 0.6) is 11.5 Å². The molecule has 1 N–H and O–H groups in total. The van der Waals surface area contributed by atoms with E-state index in [-0.39, 0.29) is 17.5 Å². The second-order valence-electron chi connectivity index (χ2n) is 6.77. The van der Waals surface area contributed by atoms with Crippen LogP contribution in [-0.4, -0.2) is 32.2 Å². The summed E-state index contributed by atoms with van der Waals surface area (Å²) in [5.74, 6) is -0.0948. The van der Waals surface area contributed by atoms with Gasteiger partial charge in [0, 0.05) is 0 Å². The fourth-order valence-corrected chi connectivity index (χ4v) is 3.44. The third-order valence-corrected chi connectivity index (χ3v) is 4.97. The molecule has 0 radical (unpaired) electrons. The molecular formula is C22H25NO5. The molecule has 0 unspecified atom stereocenters. The van der Waals surface area contributed by atoms with Gasteiger partial charge in [-0.3, -0.25) is 4.79 Å². The number of amides is 1. The first-order valence-corrected chi connectivity index (χ1v) is 9.34. The van der Waals surface area contributed by atoms with Crippen LogP contribution < -0.4 is 14.8 Å². The lowest BCUT2D eigenvalue weighted by Gasteiger charge is -2.27. The van der Waals surface area contributed by atoms with Gasteiger partial charge in [-0.05, 0) is 55.5 Å². The molecule has 0 heterocycles. The Balaban J connectivity index is 1.67. The number of fused-ring (bicyclic) bond motifs is 1. The fraction of sp³-hybridized carbons (Fsp3) is 0.364. The maximum atomic E-state index is 12.6. The van der Waals surface area contributed by atoms with Crippen molar-refractivity contribution in [2.45, 2.75) is 38.3 Å². The molecule has 6 heteroatoms. The van der Waals surface area contributed by atoms with Crippen molar-refractivity contribution in [3.63, 3.8) is 0 Å². The van der Waals surface area contributed by atoms with E-state index in [2.05, 4.69) is 11.4 Å². The molecule has 1 aliphatic rings. The molecule has 1 amide bonds. The molecule has 0 saturated carbocycles. The number of aryl methyl sites for hydroxylation is 1. The summed E-state index contributed by atoms with van der Waals surface area (Å²) in [6, 6.07) is 12.9. The van der Waals surface area contributed by atoms with E-state index in [0.717, 1.165) is 24.8 Å². The molecule has 148 valence electrons. The molecule has 0 spiro atoms. The van der Waals surface area contributed by atoms with Gasteiger partial charge in [-0.25, -0.2) is 4.79 Å². The highest BCUT2D eigenvalue weighted by Crippen LogP contribution is 2.30. The van der Waals surface area contributed by atoms with Gasteiger partial charge < -0.3 is 19.5 Å². The zero-order valence-electron chi connectivity index (χ0n) is 16.4. The number of esters is 1. The van der Waals surface area contributed by atoms with E-state index >= 15 is 0 Å². The number of methoxy groups -OCH3 is 2. The summed E-state index contributed by atoms with van der Waals surface area (Å²) in [5.41, 5.74) is 2.60. The van der Waals surface area contributed by atoms with E-state index in [4.69, 9.17) is 14.2 Å². The van der Waals surface area contributed by atoms with Crippen LogP contribution in [0.25, 0.3) is 0 Å². The third kappa shape index (κ3) is 4.27. The lowest BCUT2D eigenvalue weighted by Crippen LogP contribution is -2.39. The lowest BCUT2D eigenvalue weighted by molar-refractivity contribution is -0.130. The van der Waals surface area contributed by atoms with Crippen molar-refractivity contribution in [3.05, 3.63) is 59.2 Å². The molecule has 3 rings (SSSR count). The quantitative estimate of drug-likeness (QED) is 0.774. The highest BCUT2D eigenvalue weighted by atomic mass is 16.5. The summed E-state index contributed by atoms with van der Waals surface area (Å²) >= 11 is 0. The van der Waals surface area contributed by atoms with Gasteiger partial charge in [-0.1, -0.05) is 24.3 Å². The largest absolute Gasteiger partial charge is 0.497 e. The molecule has 0 aromatic heterocycles. The molecule has 28 heavy (non-hydrogen) atoms. The zero-order chi connectivity index (χ0) is 20.1. The number of carbonyl (C=O) groups excluding carboxylic acids is 2. The average Bonchev–Trinajstić information content (AvgIpc) is 2.73. The van der Waals surface area contributed by atoms with Crippen molar-refractivity contribution >= 4 is 11.9 Å². The molecular weight excluding hydrogens is 358 g/mol. The van der Waals surface area contributed by atoms with Gasteiger partial charge in [-0.15, -0.1) is 0 Å². The number of benzene rings is 2. The Labute approximate surface area is 164 Å². The maximum Gasteiger partial charge on any atom is 0.342 e. The highest BCUT2D eigenvalue weighted by Gasteiger charge is 2.26. The number of ether oxygens (including phenoxy) is 3. The van der Waals surface area contributed by atoms with Crippen molar-refractivity contribution in [3.8, 4) is 11.5 Å². The summed E-state index contributed by atoms with van der Waals surface area (Å²) in [7, 11) is 2.98. The van der Waals surface area contributed by atoms with Gasteiger partial charge in [0.2, 0.25) is 0 Å². The molecule has 0 bridgehead atoms. The second-order valence-corrected chi connectivity index (χ2v) is 6.77. The van der Waals surface area contributed by atoms with Gasteiger partial charge >= 0.3 is 5.97 Å². The Morgan fingerprint density at radius 2 is 1.89 bits per heavy atom. The number of nitrogens with one attached hydrogen (secondary N) is 1. The van der Waals surface area contributed by atoms with Crippen LogP contribution in [0.2, 0.25) is 0 Å². The summed E-state index contributed by atoms with van der Waals surface area (Å²) < 4.78 is 15.7. The third-order valence-electron chi connectivity index (χ3n) is 4.97. The maximum absolute atomic E-state index is 12.6. The molecule has 1 aliphatic carbocycles. The Morgan fingerprint density at radius 3 is 2.64 bits per heavy atom. The minimum Gasteiger partial charge on any atom is -0.497 e. The number of rotatable bonds is 6. The van der Waals surface area contributed by atoms with E-state index in [0.29, 0.717) is 11.5 Å². The van der Waals surface area contributed by atoms with Crippen LogP contribution in [0.15, 0.2) is 42.5 Å². The minimum absolute atomic E-state index is 0.0649. The summed E-state index contributed by atoms with van der Waals surface area (Å²) in [5, 5.41) is 3.01. The van der Waals surface area contributed by atoms with Crippen molar-refractivity contribution in [2.24, 2.45) is 0 Å². The van der Waals surface area contributed by atoms with Crippen LogP contribution in [0.3, 0.4) is 0 Å². The Hall–Kier alpha value is -3.02. The zero-order valence-corrected chi connectivity index (χ0v) is 16.4. The number of carbonyl (C=O) groups is 2. The van der Waals surface area contributed by atoms with Crippen LogP contribution in [-0.2, 0) is 16.0 Å². The van der Waals surface area contributed by atoms with E-state index in [1.54, 1.807) is 19.1 Å². The van der Waals surface area contributed by atoms with Crippen LogP contribution >= 0.6 is 0 Å². The Morgan fingerprint density at radius 1 is 1.11 bits per heavy atom. The van der Waals surface area contributed by atoms with Gasteiger partial charge in [-0.2, -0.15) is 0 Å². The first kappa shape index (κ1) is 19.7. The fourth-order valence-electron chi connectivity index (χ4n) is 3.44. The van der Waals surface area contributed by atoms with Gasteiger partial charge in [0.15, 0.2) is 6.10 Å². The topological polar surface area (TPSA) is 73.9 Å². The minimum atomic E-state index is -0.933. The van der Waals surface area contributed by atoms with Crippen molar-refractivity contribution < 1.29 is 23.8 Å². The van der Waals surface area contributed by atoms with Gasteiger partial charge in [0.1, 0.15) is 17.1 Å². The first-order chi connectivity index (χ1) is 13.5. The summed E-state index contributed by atoms with van der Waals surface area (Å²) in [6.07, 6.45) is 1.96. The van der Waals surface area contributed by atoms with Gasteiger partial charge in [0.05, 0.1) is 20.3 Å². The summed E-state index contributed by atoms with van der Waals surface area (Å²) in [6.45, 7) is 1.56. The first-order valence-electron chi connectivity index (χ1n) is 9.34. The Bertz CT molecular complexity index is 864. The predicted molar refractivity (Wildman–Crippen MR) is 105 cm³/mol. The van der Waals surface area contributed by atoms with E-state index < -0.39 is 12.1 Å². The SMILES string of the molecule is COc1ccc(OC)c(C(=O)O[C@H](C)C(=O)N[C@H]2CCCc3ccccc32)c1. The van der Waals surface area contributed by atoms with E-state index in [9.17, 15) is 9.59 Å². The smallest absolute Gasteiger partial charge is 0.342 e.